The average Bonchev–Trinajstić information content (AvgIpc) is 2.78. The maximum Gasteiger partial charge on any atom is 0.243 e. The van der Waals surface area contributed by atoms with Crippen LogP contribution in [0.4, 0.5) is 18.9 Å². The van der Waals surface area contributed by atoms with Crippen molar-refractivity contribution in [1.29, 1.82) is 0 Å². The van der Waals surface area contributed by atoms with Crippen LogP contribution in [0, 0.1) is 23.4 Å². The van der Waals surface area contributed by atoms with Gasteiger partial charge in [-0.15, -0.1) is 0 Å². The van der Waals surface area contributed by atoms with Gasteiger partial charge in [-0.2, -0.15) is 4.31 Å². The highest BCUT2D eigenvalue weighted by Gasteiger charge is 2.33. The molecule has 0 bridgehead atoms. The molecule has 7 nitrogen and oxygen atoms in total. The van der Waals surface area contributed by atoms with Gasteiger partial charge in [-0.25, -0.2) is 21.6 Å². The van der Waals surface area contributed by atoms with Gasteiger partial charge in [0.15, 0.2) is 17.5 Å². The molecule has 1 saturated heterocycles. The number of halogens is 3. The monoisotopic (exact) mass is 455 g/mol. The van der Waals surface area contributed by atoms with Crippen LogP contribution < -0.4 is 10.6 Å². The van der Waals surface area contributed by atoms with Crippen molar-refractivity contribution >= 4 is 27.5 Å². The van der Waals surface area contributed by atoms with E-state index in [1.807, 2.05) is 5.32 Å². The molecule has 1 unspecified atom stereocenters. The fourth-order valence-electron chi connectivity index (χ4n) is 3.24. The minimum atomic E-state index is -3.75. The first kappa shape index (κ1) is 22.8. The average molecular weight is 455 g/mol. The first-order valence-electron chi connectivity index (χ1n) is 9.46. The fourth-order valence-corrected chi connectivity index (χ4v) is 4.79. The highest BCUT2D eigenvalue weighted by Crippen LogP contribution is 2.24. The summed E-state index contributed by atoms with van der Waals surface area (Å²) in [6.45, 7) is -0.307. The van der Waals surface area contributed by atoms with E-state index in [0.717, 1.165) is 6.07 Å². The van der Waals surface area contributed by atoms with E-state index in [-0.39, 0.29) is 18.0 Å². The summed E-state index contributed by atoms with van der Waals surface area (Å²) in [5, 5.41) is 4.42. The van der Waals surface area contributed by atoms with Gasteiger partial charge >= 0.3 is 0 Å². The molecule has 31 heavy (non-hydrogen) atoms. The van der Waals surface area contributed by atoms with Crippen LogP contribution >= 0.6 is 0 Å². The Morgan fingerprint density at radius 3 is 2.45 bits per heavy atom. The Kier molecular flexibility index (Phi) is 6.96. The maximum absolute atomic E-state index is 13.6. The second kappa shape index (κ2) is 9.48. The molecule has 3 rings (SSSR count). The Balaban J connectivity index is 1.57. The second-order valence-corrected chi connectivity index (χ2v) is 8.94. The third-order valence-electron chi connectivity index (χ3n) is 4.87. The lowest BCUT2D eigenvalue weighted by atomic mass is 9.99. The molecule has 0 spiro atoms. The number of rotatable bonds is 6. The number of anilines is 1. The van der Waals surface area contributed by atoms with Crippen molar-refractivity contribution in [2.45, 2.75) is 17.7 Å². The number of carbonyl (C=O) groups is 2. The van der Waals surface area contributed by atoms with Crippen molar-refractivity contribution in [1.82, 2.24) is 9.62 Å². The van der Waals surface area contributed by atoms with Crippen LogP contribution in [0.2, 0.25) is 0 Å². The van der Waals surface area contributed by atoms with Crippen molar-refractivity contribution in [2.24, 2.45) is 5.92 Å². The predicted octanol–water partition coefficient (Wildman–Crippen LogP) is 2.26. The minimum absolute atomic E-state index is 0.0392. The van der Waals surface area contributed by atoms with E-state index in [2.05, 4.69) is 5.32 Å². The third-order valence-corrected chi connectivity index (χ3v) is 6.75. The zero-order valence-electron chi connectivity index (χ0n) is 16.3. The second-order valence-electron chi connectivity index (χ2n) is 7.00. The fraction of sp³-hybridized carbons (Fsp3) is 0.300. The number of carbonyl (C=O) groups excluding carboxylic acids is 2. The number of benzene rings is 2. The molecule has 166 valence electrons. The van der Waals surface area contributed by atoms with Crippen LogP contribution in [-0.2, 0) is 19.6 Å². The van der Waals surface area contributed by atoms with Gasteiger partial charge in [0.05, 0.1) is 23.0 Å². The van der Waals surface area contributed by atoms with E-state index < -0.39 is 57.4 Å². The Hall–Kier alpha value is -2.92. The molecule has 2 aromatic rings. The molecule has 1 heterocycles. The van der Waals surface area contributed by atoms with Crippen molar-refractivity contribution in [3.63, 3.8) is 0 Å². The molecular weight excluding hydrogens is 435 g/mol. The normalized spacial score (nSPS) is 17.2. The Bertz CT molecular complexity index is 1080. The Morgan fingerprint density at radius 2 is 1.74 bits per heavy atom. The summed E-state index contributed by atoms with van der Waals surface area (Å²) in [6.07, 6.45) is 0.905. The molecule has 2 N–H and O–H groups in total. The van der Waals surface area contributed by atoms with E-state index in [0.29, 0.717) is 18.9 Å². The largest absolute Gasteiger partial charge is 0.347 e. The summed E-state index contributed by atoms with van der Waals surface area (Å²) in [6, 6.07) is 9.38. The summed E-state index contributed by atoms with van der Waals surface area (Å²) >= 11 is 0. The molecule has 0 radical (unpaired) electrons. The summed E-state index contributed by atoms with van der Waals surface area (Å²) in [5.41, 5.74) is -0.559. The van der Waals surface area contributed by atoms with E-state index in [1.165, 1.54) is 16.4 Å². The topological polar surface area (TPSA) is 95.6 Å². The maximum atomic E-state index is 13.6. The van der Waals surface area contributed by atoms with E-state index in [4.69, 9.17) is 0 Å². The molecule has 0 aromatic heterocycles. The summed E-state index contributed by atoms with van der Waals surface area (Å²) in [4.78, 5) is 24.5. The lowest BCUT2D eigenvalue weighted by Gasteiger charge is -2.31. The molecule has 2 aromatic carbocycles. The van der Waals surface area contributed by atoms with Crippen LogP contribution in [0.3, 0.4) is 0 Å². The number of nitrogens with zero attached hydrogens (tertiary/aromatic N) is 1. The lowest BCUT2D eigenvalue weighted by Crippen LogP contribution is -2.46. The van der Waals surface area contributed by atoms with Gasteiger partial charge in [0, 0.05) is 13.1 Å². The Labute approximate surface area is 177 Å². The van der Waals surface area contributed by atoms with Crippen LogP contribution in [0.25, 0.3) is 0 Å². The molecule has 1 atom stereocenters. The molecular formula is C20H20F3N3O4S. The SMILES string of the molecule is O=C(CNC(=O)C1CCCN(S(=O)(=O)c2ccccc2)C1)Nc1ccc(F)c(F)c1F. The lowest BCUT2D eigenvalue weighted by molar-refractivity contribution is -0.128. The van der Waals surface area contributed by atoms with Gasteiger partial charge in [-0.1, -0.05) is 18.2 Å². The zero-order valence-corrected chi connectivity index (χ0v) is 17.1. The molecule has 1 aliphatic heterocycles. The van der Waals surface area contributed by atoms with Crippen molar-refractivity contribution in [3.05, 3.63) is 59.9 Å². The molecule has 1 aliphatic rings. The van der Waals surface area contributed by atoms with Gasteiger partial charge in [0.25, 0.3) is 0 Å². The highest BCUT2D eigenvalue weighted by molar-refractivity contribution is 7.89. The quantitative estimate of drug-likeness (QED) is 0.654. The third kappa shape index (κ3) is 5.23. The van der Waals surface area contributed by atoms with Gasteiger partial charge in [0.1, 0.15) is 0 Å². The number of sulfonamides is 1. The van der Waals surface area contributed by atoms with E-state index >= 15 is 0 Å². The minimum Gasteiger partial charge on any atom is -0.347 e. The smallest absolute Gasteiger partial charge is 0.243 e. The molecule has 11 heteroatoms. The standard InChI is InChI=1S/C20H20F3N3O4S/c21-15-8-9-16(19(23)18(15)22)25-17(27)11-24-20(28)13-5-4-10-26(12-13)31(29,30)14-6-2-1-3-7-14/h1-3,6-9,13H,4-5,10-12H2,(H,24,28)(H,25,27). The van der Waals surface area contributed by atoms with Crippen molar-refractivity contribution in [3.8, 4) is 0 Å². The van der Waals surface area contributed by atoms with Crippen molar-refractivity contribution < 1.29 is 31.2 Å². The molecule has 0 aliphatic carbocycles. The van der Waals surface area contributed by atoms with Crippen molar-refractivity contribution in [2.75, 3.05) is 25.0 Å². The molecule has 0 saturated carbocycles. The zero-order chi connectivity index (χ0) is 22.6. The van der Waals surface area contributed by atoms with E-state index in [9.17, 15) is 31.2 Å². The number of piperidine rings is 1. The first-order valence-corrected chi connectivity index (χ1v) is 10.9. The Morgan fingerprint density at radius 1 is 1.03 bits per heavy atom. The summed E-state index contributed by atoms with van der Waals surface area (Å²) in [7, 11) is -3.75. The van der Waals surface area contributed by atoms with Crippen LogP contribution in [0.1, 0.15) is 12.8 Å². The summed E-state index contributed by atoms with van der Waals surface area (Å²) in [5.74, 6) is -6.70. The highest BCUT2D eigenvalue weighted by atomic mass is 32.2. The van der Waals surface area contributed by atoms with Crippen LogP contribution in [-0.4, -0.2) is 44.2 Å². The molecule has 2 amide bonds. The van der Waals surface area contributed by atoms with Crippen LogP contribution in [0.15, 0.2) is 47.4 Å². The first-order chi connectivity index (χ1) is 14.7. The van der Waals surface area contributed by atoms with Gasteiger partial charge in [0.2, 0.25) is 21.8 Å². The van der Waals surface area contributed by atoms with Gasteiger partial charge in [-0.05, 0) is 37.1 Å². The van der Waals surface area contributed by atoms with Gasteiger partial charge < -0.3 is 10.6 Å². The van der Waals surface area contributed by atoms with Gasteiger partial charge in [-0.3, -0.25) is 9.59 Å². The van der Waals surface area contributed by atoms with Crippen LogP contribution in [0.5, 0.6) is 0 Å². The predicted molar refractivity (Wildman–Crippen MR) is 106 cm³/mol. The van der Waals surface area contributed by atoms with E-state index in [1.54, 1.807) is 18.2 Å². The number of hydrogen-bond acceptors (Lipinski definition) is 4. The summed E-state index contributed by atoms with van der Waals surface area (Å²) < 4.78 is 66.5. The molecule has 1 fully saturated rings. The number of hydrogen-bond donors (Lipinski definition) is 2. The number of amides is 2. The number of nitrogens with one attached hydrogen (secondary N) is 2.